The van der Waals surface area contributed by atoms with Crippen molar-refractivity contribution in [2.45, 2.75) is 6.92 Å². The van der Waals surface area contributed by atoms with E-state index in [2.05, 4.69) is 35.6 Å². The molecular weight excluding hydrogens is 430 g/mol. The molecule has 3 N–H and O–H groups in total. The quantitative estimate of drug-likeness (QED) is 0.342. The summed E-state index contributed by atoms with van der Waals surface area (Å²) >= 11 is 0. The highest BCUT2D eigenvalue weighted by Crippen LogP contribution is 2.32. The number of ether oxygens (including phenoxy) is 1. The lowest BCUT2D eigenvalue weighted by molar-refractivity contribution is 0.102. The van der Waals surface area contributed by atoms with Gasteiger partial charge in [0, 0.05) is 28.7 Å². The molecule has 0 radical (unpaired) electrons. The minimum absolute atomic E-state index is 0.227. The van der Waals surface area contributed by atoms with Crippen LogP contribution in [0.2, 0.25) is 0 Å². The lowest BCUT2D eigenvalue weighted by atomic mass is 10.1. The van der Waals surface area contributed by atoms with E-state index >= 15 is 0 Å². The van der Waals surface area contributed by atoms with Crippen LogP contribution in [0.4, 0.5) is 17.2 Å². The van der Waals surface area contributed by atoms with Crippen LogP contribution in [0, 0.1) is 6.92 Å². The van der Waals surface area contributed by atoms with Crippen molar-refractivity contribution < 1.29 is 9.53 Å². The molecule has 0 atom stereocenters. The molecule has 0 saturated heterocycles. The number of methoxy groups -OCH3 is 1. The zero-order chi connectivity index (χ0) is 23.5. The number of aromatic amines is 1. The van der Waals surface area contributed by atoms with Gasteiger partial charge < -0.3 is 20.4 Å². The molecule has 0 unspecified atom stereocenters. The molecule has 0 bridgehead atoms. The Hall–Kier alpha value is -4.79. The summed E-state index contributed by atoms with van der Waals surface area (Å²) in [4.78, 5) is 33.2. The maximum atomic E-state index is 12.8. The van der Waals surface area contributed by atoms with E-state index in [0.29, 0.717) is 34.2 Å². The van der Waals surface area contributed by atoms with E-state index in [-0.39, 0.29) is 5.91 Å². The number of nitrogens with zero attached hydrogens (tertiary/aromatic N) is 4. The van der Waals surface area contributed by atoms with Gasteiger partial charge in [-0.3, -0.25) is 4.79 Å². The molecule has 0 aliphatic rings. The van der Waals surface area contributed by atoms with Gasteiger partial charge in [0.1, 0.15) is 29.1 Å². The number of hydrogen-bond acceptors (Lipinski definition) is 7. The van der Waals surface area contributed by atoms with Crippen LogP contribution in [-0.2, 0) is 0 Å². The smallest absolute Gasteiger partial charge is 0.255 e. The SMILES string of the molecule is COc1cccc(C(=O)Nc2ccc(C)c(Nc3ncccc3-c3ncnc4nc[nH]c34)c2)c1. The summed E-state index contributed by atoms with van der Waals surface area (Å²) in [7, 11) is 1.57. The molecule has 0 aliphatic heterocycles. The van der Waals surface area contributed by atoms with E-state index in [4.69, 9.17) is 4.74 Å². The Balaban J connectivity index is 1.44. The predicted molar refractivity (Wildman–Crippen MR) is 130 cm³/mol. The number of fused-ring (bicyclic) bond motifs is 1. The summed E-state index contributed by atoms with van der Waals surface area (Å²) in [6.07, 6.45) is 4.78. The lowest BCUT2D eigenvalue weighted by Gasteiger charge is -2.14. The number of hydrogen-bond donors (Lipinski definition) is 3. The number of imidazole rings is 1. The van der Waals surface area contributed by atoms with E-state index in [1.165, 1.54) is 6.33 Å². The van der Waals surface area contributed by atoms with Crippen molar-refractivity contribution in [3.05, 3.63) is 84.6 Å². The van der Waals surface area contributed by atoms with Crippen LogP contribution >= 0.6 is 0 Å². The van der Waals surface area contributed by atoms with Crippen LogP contribution in [0.25, 0.3) is 22.4 Å². The third-order valence-corrected chi connectivity index (χ3v) is 5.37. The van der Waals surface area contributed by atoms with E-state index in [9.17, 15) is 4.79 Å². The first kappa shape index (κ1) is 21.1. The van der Waals surface area contributed by atoms with Crippen LogP contribution in [0.5, 0.6) is 5.75 Å². The van der Waals surface area contributed by atoms with Gasteiger partial charge in [-0.1, -0.05) is 12.1 Å². The molecule has 2 aromatic carbocycles. The number of benzene rings is 2. The Morgan fingerprint density at radius 1 is 1.00 bits per heavy atom. The van der Waals surface area contributed by atoms with Crippen LogP contribution in [0.1, 0.15) is 15.9 Å². The molecule has 34 heavy (non-hydrogen) atoms. The van der Waals surface area contributed by atoms with Gasteiger partial charge in [0.15, 0.2) is 5.65 Å². The average Bonchev–Trinajstić information content (AvgIpc) is 3.36. The standard InChI is InChI=1S/C25H21N7O2/c1-15-8-9-17(31-25(33)16-5-3-6-18(11-16)34-2)12-20(15)32-23-19(7-4-10-26-23)21-22-24(29-13-27-21)30-14-28-22/h3-14H,1-2H3,(H,26,32)(H,31,33)(H,27,28,29,30). The van der Waals surface area contributed by atoms with E-state index in [1.807, 2.05) is 37.3 Å². The second-order valence-electron chi connectivity index (χ2n) is 7.56. The van der Waals surface area contributed by atoms with Crippen LogP contribution in [0.3, 0.4) is 0 Å². The Labute approximate surface area is 195 Å². The first-order chi connectivity index (χ1) is 16.6. The topological polar surface area (TPSA) is 118 Å². The van der Waals surface area contributed by atoms with Gasteiger partial charge in [-0.05, 0) is 55.0 Å². The number of aryl methyl sites for hydroxylation is 1. The molecule has 1 amide bonds. The molecule has 5 rings (SSSR count). The van der Waals surface area contributed by atoms with Gasteiger partial charge in [0.05, 0.1) is 13.4 Å². The average molecular weight is 451 g/mol. The van der Waals surface area contributed by atoms with Crippen molar-refractivity contribution in [3.63, 3.8) is 0 Å². The second-order valence-corrected chi connectivity index (χ2v) is 7.56. The predicted octanol–water partition coefficient (Wildman–Crippen LogP) is 4.73. The number of nitrogens with one attached hydrogen (secondary N) is 3. The van der Waals surface area contributed by atoms with Crippen molar-refractivity contribution in [2.75, 3.05) is 17.7 Å². The van der Waals surface area contributed by atoms with Crippen LogP contribution < -0.4 is 15.4 Å². The van der Waals surface area contributed by atoms with Crippen molar-refractivity contribution in [3.8, 4) is 17.0 Å². The van der Waals surface area contributed by atoms with Gasteiger partial charge in [-0.15, -0.1) is 0 Å². The number of anilines is 3. The molecule has 3 heterocycles. The highest BCUT2D eigenvalue weighted by atomic mass is 16.5. The molecule has 0 fully saturated rings. The number of aromatic nitrogens is 5. The van der Waals surface area contributed by atoms with Crippen LogP contribution in [0.15, 0.2) is 73.4 Å². The fourth-order valence-corrected chi connectivity index (χ4v) is 3.59. The number of H-pyrrole nitrogens is 1. The number of carbonyl (C=O) groups excluding carboxylic acids is 1. The van der Waals surface area contributed by atoms with Crippen molar-refractivity contribution in [1.29, 1.82) is 0 Å². The largest absolute Gasteiger partial charge is 0.497 e. The molecule has 9 heteroatoms. The minimum atomic E-state index is -0.227. The summed E-state index contributed by atoms with van der Waals surface area (Å²) < 4.78 is 5.21. The fraction of sp³-hybridized carbons (Fsp3) is 0.0800. The monoisotopic (exact) mass is 451 g/mol. The molecule has 5 aromatic rings. The summed E-state index contributed by atoms with van der Waals surface area (Å²) in [5.74, 6) is 1.02. The summed E-state index contributed by atoms with van der Waals surface area (Å²) in [6, 6.07) is 16.5. The molecule has 0 spiro atoms. The first-order valence-corrected chi connectivity index (χ1v) is 10.5. The van der Waals surface area contributed by atoms with Crippen molar-refractivity contribution in [1.82, 2.24) is 24.9 Å². The maximum Gasteiger partial charge on any atom is 0.255 e. The number of pyridine rings is 1. The molecule has 9 nitrogen and oxygen atoms in total. The molecule has 0 saturated carbocycles. The lowest BCUT2D eigenvalue weighted by Crippen LogP contribution is -2.12. The number of carbonyl (C=O) groups is 1. The Kier molecular flexibility index (Phi) is 5.57. The zero-order valence-electron chi connectivity index (χ0n) is 18.5. The van der Waals surface area contributed by atoms with Crippen LogP contribution in [-0.4, -0.2) is 37.9 Å². The summed E-state index contributed by atoms with van der Waals surface area (Å²) in [5, 5.41) is 6.33. The Morgan fingerprint density at radius 2 is 1.91 bits per heavy atom. The van der Waals surface area contributed by atoms with Crippen molar-refractivity contribution in [2.24, 2.45) is 0 Å². The summed E-state index contributed by atoms with van der Waals surface area (Å²) in [5.41, 5.74) is 5.75. The summed E-state index contributed by atoms with van der Waals surface area (Å²) in [6.45, 7) is 1.98. The zero-order valence-corrected chi connectivity index (χ0v) is 18.5. The van der Waals surface area contributed by atoms with Crippen molar-refractivity contribution >= 4 is 34.3 Å². The molecule has 0 aliphatic carbocycles. The number of rotatable bonds is 6. The fourth-order valence-electron chi connectivity index (χ4n) is 3.59. The third kappa shape index (κ3) is 4.14. The minimum Gasteiger partial charge on any atom is -0.497 e. The highest BCUT2D eigenvalue weighted by Gasteiger charge is 2.15. The maximum absolute atomic E-state index is 12.8. The van der Waals surface area contributed by atoms with E-state index in [1.54, 1.807) is 43.9 Å². The van der Waals surface area contributed by atoms with E-state index < -0.39 is 0 Å². The Bertz CT molecular complexity index is 1500. The van der Waals surface area contributed by atoms with E-state index in [0.717, 1.165) is 22.3 Å². The molecular formula is C25H21N7O2. The Morgan fingerprint density at radius 3 is 2.79 bits per heavy atom. The highest BCUT2D eigenvalue weighted by molar-refractivity contribution is 6.04. The van der Waals surface area contributed by atoms with Gasteiger partial charge >= 0.3 is 0 Å². The first-order valence-electron chi connectivity index (χ1n) is 10.5. The van der Waals surface area contributed by atoms with Gasteiger partial charge in [-0.2, -0.15) is 0 Å². The normalized spacial score (nSPS) is 10.8. The molecule has 168 valence electrons. The molecule has 3 aromatic heterocycles. The number of amides is 1. The van der Waals surface area contributed by atoms with Gasteiger partial charge in [0.25, 0.3) is 5.91 Å². The third-order valence-electron chi connectivity index (χ3n) is 5.37. The second kappa shape index (κ2) is 8.99. The van der Waals surface area contributed by atoms with Gasteiger partial charge in [-0.25, -0.2) is 19.9 Å². The van der Waals surface area contributed by atoms with Gasteiger partial charge in [0.2, 0.25) is 0 Å².